The maximum absolute atomic E-state index is 11.5. The summed E-state index contributed by atoms with van der Waals surface area (Å²) in [4.78, 5) is 11.9. The van der Waals surface area contributed by atoms with Crippen LogP contribution >= 0.6 is 12.2 Å². The SMILES string of the molecule is CCC(C)(NC(=O)CC1CC1)C(N)=S. The lowest BCUT2D eigenvalue weighted by Gasteiger charge is -2.28. The first-order valence-electron chi connectivity index (χ1n) is 5.09. The molecule has 1 amide bonds. The van der Waals surface area contributed by atoms with E-state index in [2.05, 4.69) is 5.32 Å². The van der Waals surface area contributed by atoms with E-state index in [1.807, 2.05) is 13.8 Å². The van der Waals surface area contributed by atoms with E-state index in [1.54, 1.807) is 0 Å². The molecule has 0 aliphatic heterocycles. The average molecular weight is 214 g/mol. The van der Waals surface area contributed by atoms with Crippen molar-refractivity contribution in [1.29, 1.82) is 0 Å². The van der Waals surface area contributed by atoms with Gasteiger partial charge in [-0.25, -0.2) is 0 Å². The van der Waals surface area contributed by atoms with E-state index in [9.17, 15) is 4.79 Å². The van der Waals surface area contributed by atoms with Crippen molar-refractivity contribution in [2.24, 2.45) is 11.7 Å². The van der Waals surface area contributed by atoms with Crippen LogP contribution in [0.1, 0.15) is 39.5 Å². The molecule has 1 rings (SSSR count). The Labute approximate surface area is 90.4 Å². The van der Waals surface area contributed by atoms with Crippen LogP contribution in [0.4, 0.5) is 0 Å². The highest BCUT2D eigenvalue weighted by molar-refractivity contribution is 7.80. The number of carbonyl (C=O) groups is 1. The predicted molar refractivity (Wildman–Crippen MR) is 61.0 cm³/mol. The Bertz CT molecular complexity index is 251. The standard InChI is InChI=1S/C10H18N2OS/c1-3-10(2,9(11)14)12-8(13)6-7-4-5-7/h7H,3-6H2,1-2H3,(H2,11,14)(H,12,13). The molecule has 1 fully saturated rings. The first-order chi connectivity index (χ1) is 6.48. The van der Waals surface area contributed by atoms with Crippen LogP contribution in [-0.2, 0) is 4.79 Å². The number of hydrogen-bond acceptors (Lipinski definition) is 2. The van der Waals surface area contributed by atoms with Crippen LogP contribution in [0.15, 0.2) is 0 Å². The maximum Gasteiger partial charge on any atom is 0.221 e. The Morgan fingerprint density at radius 2 is 2.21 bits per heavy atom. The second-order valence-corrected chi connectivity index (χ2v) is 4.69. The summed E-state index contributed by atoms with van der Waals surface area (Å²) in [6.07, 6.45) is 3.73. The van der Waals surface area contributed by atoms with E-state index in [4.69, 9.17) is 18.0 Å². The summed E-state index contributed by atoms with van der Waals surface area (Å²) in [6, 6.07) is 0. The monoisotopic (exact) mass is 214 g/mol. The lowest BCUT2D eigenvalue weighted by molar-refractivity contribution is -0.122. The second-order valence-electron chi connectivity index (χ2n) is 4.25. The van der Waals surface area contributed by atoms with Crippen LogP contribution < -0.4 is 11.1 Å². The molecule has 1 saturated carbocycles. The quantitative estimate of drug-likeness (QED) is 0.679. The minimum absolute atomic E-state index is 0.0738. The Morgan fingerprint density at radius 3 is 2.57 bits per heavy atom. The molecule has 0 aromatic heterocycles. The van der Waals surface area contributed by atoms with E-state index in [0.29, 0.717) is 17.3 Å². The van der Waals surface area contributed by atoms with Gasteiger partial charge in [-0.15, -0.1) is 0 Å². The molecule has 80 valence electrons. The summed E-state index contributed by atoms with van der Waals surface area (Å²) in [5, 5.41) is 2.91. The summed E-state index contributed by atoms with van der Waals surface area (Å²) >= 11 is 4.94. The third-order valence-corrected chi connectivity index (χ3v) is 3.29. The highest BCUT2D eigenvalue weighted by Crippen LogP contribution is 2.32. The van der Waals surface area contributed by atoms with Gasteiger partial charge < -0.3 is 11.1 Å². The van der Waals surface area contributed by atoms with Crippen LogP contribution in [-0.4, -0.2) is 16.4 Å². The molecule has 3 N–H and O–H groups in total. The Kier molecular flexibility index (Phi) is 3.48. The fourth-order valence-corrected chi connectivity index (χ4v) is 1.46. The zero-order chi connectivity index (χ0) is 10.8. The molecule has 1 unspecified atom stereocenters. The fourth-order valence-electron chi connectivity index (χ4n) is 1.27. The van der Waals surface area contributed by atoms with Gasteiger partial charge in [-0.3, -0.25) is 4.79 Å². The van der Waals surface area contributed by atoms with Crippen LogP contribution in [0.2, 0.25) is 0 Å². The van der Waals surface area contributed by atoms with Gasteiger partial charge in [0.25, 0.3) is 0 Å². The van der Waals surface area contributed by atoms with Crippen molar-refractivity contribution in [3.63, 3.8) is 0 Å². The largest absolute Gasteiger partial charge is 0.391 e. The number of nitrogens with one attached hydrogen (secondary N) is 1. The molecule has 0 aromatic rings. The Balaban J connectivity index is 2.45. The Morgan fingerprint density at radius 1 is 1.64 bits per heavy atom. The molecule has 1 aliphatic rings. The molecule has 3 nitrogen and oxygen atoms in total. The van der Waals surface area contributed by atoms with Gasteiger partial charge in [0.15, 0.2) is 0 Å². The molecular weight excluding hydrogens is 196 g/mol. The van der Waals surface area contributed by atoms with Crippen molar-refractivity contribution in [3.8, 4) is 0 Å². The highest BCUT2D eigenvalue weighted by Gasteiger charge is 2.30. The third kappa shape index (κ3) is 2.94. The maximum atomic E-state index is 11.5. The Hall–Kier alpha value is -0.640. The number of rotatable bonds is 5. The van der Waals surface area contributed by atoms with Gasteiger partial charge in [0, 0.05) is 6.42 Å². The second kappa shape index (κ2) is 4.26. The van der Waals surface area contributed by atoms with Gasteiger partial charge in [-0.2, -0.15) is 0 Å². The zero-order valence-corrected chi connectivity index (χ0v) is 9.62. The number of amides is 1. The van der Waals surface area contributed by atoms with E-state index in [0.717, 1.165) is 6.42 Å². The summed E-state index contributed by atoms with van der Waals surface area (Å²) in [7, 11) is 0. The molecule has 4 heteroatoms. The van der Waals surface area contributed by atoms with Crippen LogP contribution in [0.3, 0.4) is 0 Å². The van der Waals surface area contributed by atoms with Crippen molar-refractivity contribution in [1.82, 2.24) is 5.32 Å². The summed E-state index contributed by atoms with van der Waals surface area (Å²) in [5.74, 6) is 0.673. The predicted octanol–water partition coefficient (Wildman–Crippen LogP) is 1.36. The van der Waals surface area contributed by atoms with Crippen LogP contribution in [0.5, 0.6) is 0 Å². The molecule has 0 bridgehead atoms. The van der Waals surface area contributed by atoms with E-state index in [-0.39, 0.29) is 5.91 Å². The van der Waals surface area contributed by atoms with Gasteiger partial charge in [-0.05, 0) is 32.1 Å². The van der Waals surface area contributed by atoms with Crippen molar-refractivity contribution >= 4 is 23.1 Å². The molecule has 14 heavy (non-hydrogen) atoms. The highest BCUT2D eigenvalue weighted by atomic mass is 32.1. The molecule has 0 spiro atoms. The van der Waals surface area contributed by atoms with Crippen molar-refractivity contribution in [3.05, 3.63) is 0 Å². The number of carbonyl (C=O) groups excluding carboxylic acids is 1. The van der Waals surface area contributed by atoms with Crippen molar-refractivity contribution < 1.29 is 4.79 Å². The van der Waals surface area contributed by atoms with E-state index in [1.165, 1.54) is 12.8 Å². The number of hydrogen-bond donors (Lipinski definition) is 2. The molecule has 0 aromatic carbocycles. The van der Waals surface area contributed by atoms with Crippen molar-refractivity contribution in [2.45, 2.75) is 45.1 Å². The molecule has 0 radical (unpaired) electrons. The zero-order valence-electron chi connectivity index (χ0n) is 8.80. The first kappa shape index (κ1) is 11.4. The topological polar surface area (TPSA) is 55.1 Å². The van der Waals surface area contributed by atoms with Gasteiger partial charge in [0.1, 0.15) is 0 Å². The van der Waals surface area contributed by atoms with Crippen LogP contribution in [0.25, 0.3) is 0 Å². The van der Waals surface area contributed by atoms with E-state index >= 15 is 0 Å². The van der Waals surface area contributed by atoms with Gasteiger partial charge >= 0.3 is 0 Å². The minimum Gasteiger partial charge on any atom is -0.391 e. The fraction of sp³-hybridized carbons (Fsp3) is 0.800. The molecule has 1 atom stereocenters. The van der Waals surface area contributed by atoms with Gasteiger partial charge in [-0.1, -0.05) is 19.1 Å². The summed E-state index contributed by atoms with van der Waals surface area (Å²) < 4.78 is 0. The molecule has 1 aliphatic carbocycles. The molecular formula is C10H18N2OS. The number of thiocarbonyl (C=S) groups is 1. The first-order valence-corrected chi connectivity index (χ1v) is 5.49. The molecule has 0 heterocycles. The van der Waals surface area contributed by atoms with E-state index < -0.39 is 5.54 Å². The smallest absolute Gasteiger partial charge is 0.221 e. The third-order valence-electron chi connectivity index (χ3n) is 2.84. The lowest BCUT2D eigenvalue weighted by atomic mass is 9.98. The van der Waals surface area contributed by atoms with Crippen LogP contribution in [0, 0.1) is 5.92 Å². The molecule has 0 saturated heterocycles. The normalized spacial score (nSPS) is 19.9. The lowest BCUT2D eigenvalue weighted by Crippen LogP contribution is -2.54. The summed E-state index contributed by atoms with van der Waals surface area (Å²) in [6.45, 7) is 3.84. The summed E-state index contributed by atoms with van der Waals surface area (Å²) in [5.41, 5.74) is 5.08. The van der Waals surface area contributed by atoms with Gasteiger partial charge in [0.05, 0.1) is 10.5 Å². The van der Waals surface area contributed by atoms with Gasteiger partial charge in [0.2, 0.25) is 5.91 Å². The minimum atomic E-state index is -0.513. The van der Waals surface area contributed by atoms with Crippen molar-refractivity contribution in [2.75, 3.05) is 0 Å². The number of nitrogens with two attached hydrogens (primary N) is 1. The average Bonchev–Trinajstić information content (AvgIpc) is 2.87.